The highest BCUT2D eigenvalue weighted by Crippen LogP contribution is 2.33. The number of ether oxygens (including phenoxy) is 2. The van der Waals surface area contributed by atoms with Crippen molar-refractivity contribution in [2.75, 3.05) is 11.9 Å². The Balaban J connectivity index is 1.32. The van der Waals surface area contributed by atoms with E-state index in [1.807, 2.05) is 6.07 Å². The molecule has 2 aromatic heterocycles. The molecule has 10 nitrogen and oxygen atoms in total. The van der Waals surface area contributed by atoms with E-state index in [0.29, 0.717) is 23.6 Å². The number of benzene rings is 1. The molecule has 1 aliphatic heterocycles. The highest BCUT2D eigenvalue weighted by Gasteiger charge is 2.44. The lowest BCUT2D eigenvalue weighted by molar-refractivity contribution is -0.0511. The Kier molecular flexibility index (Phi) is 6.26. The molecule has 176 valence electrons. The summed E-state index contributed by atoms with van der Waals surface area (Å²) in [5, 5.41) is 33.3. The molecule has 10 heteroatoms. The van der Waals surface area contributed by atoms with E-state index in [0.717, 1.165) is 24.8 Å². The zero-order chi connectivity index (χ0) is 22.9. The third-order valence-corrected chi connectivity index (χ3v) is 6.47. The number of imidazole rings is 1. The van der Waals surface area contributed by atoms with Gasteiger partial charge in [-0.15, -0.1) is 0 Å². The molecule has 6 unspecified atom stereocenters. The first-order valence-corrected chi connectivity index (χ1v) is 11.3. The summed E-state index contributed by atoms with van der Waals surface area (Å²) >= 11 is 0. The van der Waals surface area contributed by atoms with Gasteiger partial charge in [-0.1, -0.05) is 29.8 Å². The van der Waals surface area contributed by atoms with E-state index in [1.165, 1.54) is 18.2 Å². The van der Waals surface area contributed by atoms with Crippen molar-refractivity contribution in [3.8, 4) is 0 Å². The molecule has 0 amide bonds. The third kappa shape index (κ3) is 4.32. The van der Waals surface area contributed by atoms with Crippen molar-refractivity contribution in [2.24, 2.45) is 0 Å². The van der Waals surface area contributed by atoms with Crippen LogP contribution in [0.15, 0.2) is 36.9 Å². The van der Waals surface area contributed by atoms with Crippen molar-refractivity contribution in [3.05, 3.63) is 48.0 Å². The van der Waals surface area contributed by atoms with Crippen LogP contribution in [0, 0.1) is 6.92 Å². The van der Waals surface area contributed by atoms with Gasteiger partial charge in [-0.2, -0.15) is 0 Å². The summed E-state index contributed by atoms with van der Waals surface area (Å²) in [6, 6.07) is 8.41. The average Bonchev–Trinajstić information content (AvgIpc) is 3.51. The van der Waals surface area contributed by atoms with Gasteiger partial charge in [0.25, 0.3) is 0 Å². The van der Waals surface area contributed by atoms with Crippen LogP contribution in [0.3, 0.4) is 0 Å². The van der Waals surface area contributed by atoms with Gasteiger partial charge in [0.1, 0.15) is 24.6 Å². The van der Waals surface area contributed by atoms with Crippen LogP contribution in [0.4, 0.5) is 5.82 Å². The maximum Gasteiger partial charge on any atom is 0.167 e. The van der Waals surface area contributed by atoms with E-state index in [1.54, 1.807) is 4.57 Å². The number of aliphatic hydroxyl groups is 3. The van der Waals surface area contributed by atoms with Crippen molar-refractivity contribution < 1.29 is 24.8 Å². The Bertz CT molecular complexity index is 1110. The zero-order valence-electron chi connectivity index (χ0n) is 18.4. The Hall–Kier alpha value is -2.63. The molecule has 2 aliphatic rings. The second kappa shape index (κ2) is 9.32. The number of hydrogen-bond donors (Lipinski definition) is 4. The van der Waals surface area contributed by atoms with E-state index in [2.05, 4.69) is 45.4 Å². The van der Waals surface area contributed by atoms with Crippen LogP contribution in [0.2, 0.25) is 0 Å². The number of nitrogens with zero attached hydrogens (tertiary/aromatic N) is 4. The molecule has 3 heterocycles. The quantitative estimate of drug-likeness (QED) is 0.416. The van der Waals surface area contributed by atoms with Crippen molar-refractivity contribution >= 4 is 17.0 Å². The molecule has 1 aliphatic carbocycles. The van der Waals surface area contributed by atoms with E-state index in [9.17, 15) is 15.3 Å². The Morgan fingerprint density at radius 3 is 2.85 bits per heavy atom. The van der Waals surface area contributed by atoms with Crippen LogP contribution < -0.4 is 5.32 Å². The molecule has 0 bridgehead atoms. The lowest BCUT2D eigenvalue weighted by atomic mass is 10.1. The van der Waals surface area contributed by atoms with Gasteiger partial charge in [0.05, 0.1) is 31.7 Å². The number of rotatable bonds is 7. The summed E-state index contributed by atoms with van der Waals surface area (Å²) in [5.41, 5.74) is 3.38. The lowest BCUT2D eigenvalue weighted by Gasteiger charge is -2.22. The van der Waals surface area contributed by atoms with Gasteiger partial charge >= 0.3 is 0 Å². The maximum atomic E-state index is 10.4. The lowest BCUT2D eigenvalue weighted by Crippen LogP contribution is -2.33. The molecule has 0 radical (unpaired) electrons. The molecular weight excluding hydrogens is 426 g/mol. The second-order valence-corrected chi connectivity index (χ2v) is 8.80. The molecule has 3 aromatic rings. The number of anilines is 1. The number of fused-ring (bicyclic) bond motifs is 1. The van der Waals surface area contributed by atoms with Crippen LogP contribution in [-0.2, 0) is 16.1 Å². The van der Waals surface area contributed by atoms with Crippen LogP contribution in [-0.4, -0.2) is 71.9 Å². The SMILES string of the molecule is Cc1cccc(COC2CCCC2Nc2ncnc3c2ncn3C2OC(CO)C(O)C2O)c1. The zero-order valence-corrected chi connectivity index (χ0v) is 18.4. The Labute approximate surface area is 191 Å². The number of hydrogen-bond acceptors (Lipinski definition) is 9. The van der Waals surface area contributed by atoms with E-state index >= 15 is 0 Å². The molecule has 0 spiro atoms. The van der Waals surface area contributed by atoms with Gasteiger partial charge in [-0.25, -0.2) is 15.0 Å². The molecule has 5 rings (SSSR count). The number of aryl methyl sites for hydroxylation is 1. The van der Waals surface area contributed by atoms with Crippen molar-refractivity contribution in [1.29, 1.82) is 0 Å². The minimum Gasteiger partial charge on any atom is -0.394 e. The number of nitrogens with one attached hydrogen (secondary N) is 1. The van der Waals surface area contributed by atoms with Gasteiger partial charge in [0.15, 0.2) is 23.2 Å². The molecule has 33 heavy (non-hydrogen) atoms. The minimum absolute atomic E-state index is 0.0538. The van der Waals surface area contributed by atoms with Crippen LogP contribution in [0.25, 0.3) is 11.2 Å². The number of aromatic nitrogens is 4. The molecule has 4 N–H and O–H groups in total. The van der Waals surface area contributed by atoms with E-state index in [-0.39, 0.29) is 12.1 Å². The smallest absolute Gasteiger partial charge is 0.167 e. The van der Waals surface area contributed by atoms with Crippen LogP contribution >= 0.6 is 0 Å². The standard InChI is InChI=1S/C23H29N5O5/c1-13-4-2-5-14(8-13)10-32-16-7-3-6-15(16)27-21-18-22(25-11-24-21)28(12-26-18)23-20(31)19(30)17(9-29)33-23/h2,4-5,8,11-12,15-17,19-20,23,29-31H,3,6-7,9-10H2,1H3,(H,24,25,27). The van der Waals surface area contributed by atoms with Crippen LogP contribution in [0.1, 0.15) is 36.6 Å². The van der Waals surface area contributed by atoms with Crippen molar-refractivity contribution in [3.63, 3.8) is 0 Å². The first kappa shape index (κ1) is 22.2. The topological polar surface area (TPSA) is 135 Å². The van der Waals surface area contributed by atoms with Gasteiger partial charge in [0.2, 0.25) is 0 Å². The maximum absolute atomic E-state index is 10.4. The summed E-state index contributed by atoms with van der Waals surface area (Å²) in [6.45, 7) is 2.24. The largest absolute Gasteiger partial charge is 0.394 e. The van der Waals surface area contributed by atoms with Crippen LogP contribution in [0.5, 0.6) is 0 Å². The second-order valence-electron chi connectivity index (χ2n) is 8.80. The summed E-state index contributed by atoms with van der Waals surface area (Å²) < 4.78 is 13.4. The molecule has 2 fully saturated rings. The Morgan fingerprint density at radius 2 is 2.06 bits per heavy atom. The first-order chi connectivity index (χ1) is 16.0. The first-order valence-electron chi connectivity index (χ1n) is 11.3. The Morgan fingerprint density at radius 1 is 1.18 bits per heavy atom. The monoisotopic (exact) mass is 455 g/mol. The molecule has 1 saturated carbocycles. The summed E-state index contributed by atoms with van der Waals surface area (Å²) in [5.74, 6) is 0.585. The van der Waals surface area contributed by atoms with Crippen molar-refractivity contribution in [1.82, 2.24) is 19.5 Å². The summed E-state index contributed by atoms with van der Waals surface area (Å²) in [7, 11) is 0. The van der Waals surface area contributed by atoms with E-state index < -0.39 is 31.1 Å². The summed E-state index contributed by atoms with van der Waals surface area (Å²) in [6.07, 6.45) is 1.80. The van der Waals surface area contributed by atoms with Crippen molar-refractivity contribution in [2.45, 2.75) is 69.5 Å². The normalized spacial score (nSPS) is 29.7. The molecule has 6 atom stereocenters. The average molecular weight is 456 g/mol. The summed E-state index contributed by atoms with van der Waals surface area (Å²) in [4.78, 5) is 13.2. The fourth-order valence-electron chi connectivity index (χ4n) is 4.73. The predicted molar refractivity (Wildman–Crippen MR) is 119 cm³/mol. The molecule has 1 saturated heterocycles. The number of aliphatic hydroxyl groups excluding tert-OH is 3. The van der Waals surface area contributed by atoms with Gasteiger partial charge in [0, 0.05) is 0 Å². The molecular formula is C23H29N5O5. The fraction of sp³-hybridized carbons (Fsp3) is 0.522. The highest BCUT2D eigenvalue weighted by atomic mass is 16.6. The molecule has 1 aromatic carbocycles. The predicted octanol–water partition coefficient (Wildman–Crippen LogP) is 1.30. The van der Waals surface area contributed by atoms with E-state index in [4.69, 9.17) is 9.47 Å². The minimum atomic E-state index is -1.21. The highest BCUT2D eigenvalue weighted by molar-refractivity contribution is 5.82. The van der Waals surface area contributed by atoms with Gasteiger partial charge in [-0.05, 0) is 31.7 Å². The van der Waals surface area contributed by atoms with Gasteiger partial charge < -0.3 is 30.1 Å². The fourth-order valence-corrected chi connectivity index (χ4v) is 4.73. The third-order valence-electron chi connectivity index (χ3n) is 6.47. The van der Waals surface area contributed by atoms with Gasteiger partial charge in [-0.3, -0.25) is 4.57 Å².